The lowest BCUT2D eigenvalue weighted by Crippen LogP contribution is -2.35. The minimum absolute atomic E-state index is 0.249. The quantitative estimate of drug-likeness (QED) is 0.854. The van der Waals surface area contributed by atoms with Crippen molar-refractivity contribution in [3.05, 3.63) is 35.9 Å². The van der Waals surface area contributed by atoms with Crippen LogP contribution >= 0.6 is 0 Å². The van der Waals surface area contributed by atoms with E-state index in [1.54, 1.807) is 0 Å². The standard InChI is InChI=1S/C19H29NO/c1-2-18(16-9-5-3-6-10-16)20-15-17-11-14-19(21-17)12-7-4-8-13-19/h3,5-6,9-10,17-18,20H,2,4,7-8,11-15H2,1H3. The summed E-state index contributed by atoms with van der Waals surface area (Å²) in [4.78, 5) is 0. The topological polar surface area (TPSA) is 21.3 Å². The van der Waals surface area contributed by atoms with Gasteiger partial charge in [0.15, 0.2) is 0 Å². The van der Waals surface area contributed by atoms with E-state index < -0.39 is 0 Å². The van der Waals surface area contributed by atoms with Crippen molar-refractivity contribution in [2.75, 3.05) is 6.54 Å². The summed E-state index contributed by atoms with van der Waals surface area (Å²) in [6.45, 7) is 3.25. The van der Waals surface area contributed by atoms with E-state index in [2.05, 4.69) is 42.6 Å². The molecule has 2 unspecified atom stereocenters. The molecule has 2 atom stereocenters. The van der Waals surface area contributed by atoms with Gasteiger partial charge in [-0.15, -0.1) is 0 Å². The summed E-state index contributed by atoms with van der Waals surface area (Å²) < 4.78 is 6.46. The highest BCUT2D eigenvalue weighted by atomic mass is 16.5. The first-order valence-electron chi connectivity index (χ1n) is 8.77. The van der Waals surface area contributed by atoms with Gasteiger partial charge >= 0.3 is 0 Å². The van der Waals surface area contributed by atoms with Crippen LogP contribution in [0.2, 0.25) is 0 Å². The van der Waals surface area contributed by atoms with Crippen LogP contribution < -0.4 is 5.32 Å². The molecule has 116 valence electrons. The normalized spacial score (nSPS) is 26.0. The van der Waals surface area contributed by atoms with Crippen LogP contribution in [0.25, 0.3) is 0 Å². The molecule has 0 aromatic heterocycles. The fourth-order valence-corrected chi connectivity index (χ4v) is 4.06. The Morgan fingerprint density at radius 1 is 1.14 bits per heavy atom. The highest BCUT2D eigenvalue weighted by Crippen LogP contribution is 2.41. The largest absolute Gasteiger partial charge is 0.370 e. The van der Waals surface area contributed by atoms with Crippen LogP contribution in [-0.2, 0) is 4.74 Å². The maximum absolute atomic E-state index is 6.46. The molecule has 1 aliphatic heterocycles. The van der Waals surface area contributed by atoms with Crippen molar-refractivity contribution in [3.8, 4) is 0 Å². The zero-order valence-electron chi connectivity index (χ0n) is 13.3. The predicted molar refractivity (Wildman–Crippen MR) is 87.4 cm³/mol. The van der Waals surface area contributed by atoms with Crippen molar-refractivity contribution in [1.29, 1.82) is 0 Å². The second-order valence-electron chi connectivity index (χ2n) is 6.80. The number of hydrogen-bond acceptors (Lipinski definition) is 2. The third kappa shape index (κ3) is 3.67. The summed E-state index contributed by atoms with van der Waals surface area (Å²) in [5, 5.41) is 3.72. The molecule has 0 bridgehead atoms. The summed E-state index contributed by atoms with van der Waals surface area (Å²) in [5.41, 5.74) is 1.64. The van der Waals surface area contributed by atoms with Crippen LogP contribution in [0.3, 0.4) is 0 Å². The lowest BCUT2D eigenvalue weighted by molar-refractivity contribution is -0.0630. The van der Waals surface area contributed by atoms with Crippen molar-refractivity contribution in [2.45, 2.75) is 76.0 Å². The third-order valence-electron chi connectivity index (χ3n) is 5.31. The fourth-order valence-electron chi connectivity index (χ4n) is 4.06. The van der Waals surface area contributed by atoms with Gasteiger partial charge in [-0.1, -0.05) is 56.5 Å². The molecular formula is C19H29NO. The average Bonchev–Trinajstić information content (AvgIpc) is 2.92. The highest BCUT2D eigenvalue weighted by molar-refractivity contribution is 5.18. The van der Waals surface area contributed by atoms with E-state index >= 15 is 0 Å². The van der Waals surface area contributed by atoms with Gasteiger partial charge in [-0.05, 0) is 37.7 Å². The zero-order chi connectivity index (χ0) is 14.5. The number of hydrogen-bond donors (Lipinski definition) is 1. The molecule has 1 saturated carbocycles. The van der Waals surface area contributed by atoms with Gasteiger partial charge in [0, 0.05) is 12.6 Å². The van der Waals surface area contributed by atoms with Crippen molar-refractivity contribution < 1.29 is 4.74 Å². The Hall–Kier alpha value is -0.860. The molecule has 0 amide bonds. The Morgan fingerprint density at radius 3 is 2.62 bits per heavy atom. The fraction of sp³-hybridized carbons (Fsp3) is 0.684. The summed E-state index contributed by atoms with van der Waals surface area (Å²) >= 11 is 0. The van der Waals surface area contributed by atoms with E-state index in [0.717, 1.165) is 13.0 Å². The first-order chi connectivity index (χ1) is 10.3. The predicted octanol–water partition coefficient (Wildman–Crippen LogP) is 4.61. The van der Waals surface area contributed by atoms with E-state index in [0.29, 0.717) is 12.1 Å². The van der Waals surface area contributed by atoms with Gasteiger partial charge in [0.25, 0.3) is 0 Å². The van der Waals surface area contributed by atoms with Crippen LogP contribution in [0.5, 0.6) is 0 Å². The van der Waals surface area contributed by atoms with Gasteiger partial charge in [0.2, 0.25) is 0 Å². The van der Waals surface area contributed by atoms with Gasteiger partial charge in [-0.3, -0.25) is 0 Å². The average molecular weight is 287 g/mol. The Bertz CT molecular complexity index is 424. The number of nitrogens with one attached hydrogen (secondary N) is 1. The molecule has 1 saturated heterocycles. The van der Waals surface area contributed by atoms with Crippen LogP contribution in [0, 0.1) is 0 Å². The van der Waals surface area contributed by atoms with E-state index in [1.807, 2.05) is 0 Å². The summed E-state index contributed by atoms with van der Waals surface area (Å²) in [7, 11) is 0. The molecule has 2 aliphatic rings. The van der Waals surface area contributed by atoms with Crippen LogP contribution in [0.4, 0.5) is 0 Å². The SMILES string of the molecule is CCC(NCC1CCC2(CCCCC2)O1)c1ccccc1. The summed E-state index contributed by atoms with van der Waals surface area (Å²) in [6.07, 6.45) is 10.8. The molecule has 3 rings (SSSR count). The van der Waals surface area contributed by atoms with E-state index in [9.17, 15) is 0 Å². The first-order valence-corrected chi connectivity index (χ1v) is 8.77. The van der Waals surface area contributed by atoms with E-state index in [-0.39, 0.29) is 5.60 Å². The molecule has 1 aliphatic carbocycles. The molecule has 1 aromatic rings. The van der Waals surface area contributed by atoms with Crippen LogP contribution in [0.15, 0.2) is 30.3 Å². The summed E-state index contributed by atoms with van der Waals surface area (Å²) in [5.74, 6) is 0. The number of benzene rings is 1. The molecular weight excluding hydrogens is 258 g/mol. The van der Waals surface area contributed by atoms with E-state index in [4.69, 9.17) is 4.74 Å². The van der Waals surface area contributed by atoms with Gasteiger partial charge in [0.05, 0.1) is 11.7 Å². The Balaban J connectivity index is 1.51. The maximum Gasteiger partial charge on any atom is 0.0708 e. The zero-order valence-corrected chi connectivity index (χ0v) is 13.3. The van der Waals surface area contributed by atoms with Gasteiger partial charge < -0.3 is 10.1 Å². The monoisotopic (exact) mass is 287 g/mol. The molecule has 21 heavy (non-hydrogen) atoms. The number of ether oxygens (including phenoxy) is 1. The molecule has 1 N–H and O–H groups in total. The Kier molecular flexibility index (Phi) is 4.97. The lowest BCUT2D eigenvalue weighted by Gasteiger charge is -2.33. The Labute approximate surface area is 129 Å². The minimum atomic E-state index is 0.249. The molecule has 1 spiro atoms. The third-order valence-corrected chi connectivity index (χ3v) is 5.31. The van der Waals surface area contributed by atoms with Crippen molar-refractivity contribution >= 4 is 0 Å². The molecule has 1 aromatic carbocycles. The van der Waals surface area contributed by atoms with E-state index in [1.165, 1.54) is 50.5 Å². The highest BCUT2D eigenvalue weighted by Gasteiger charge is 2.40. The second kappa shape index (κ2) is 6.93. The van der Waals surface area contributed by atoms with Crippen molar-refractivity contribution in [1.82, 2.24) is 5.32 Å². The molecule has 2 fully saturated rings. The van der Waals surface area contributed by atoms with Crippen LogP contribution in [-0.4, -0.2) is 18.2 Å². The van der Waals surface area contributed by atoms with Gasteiger partial charge in [-0.25, -0.2) is 0 Å². The lowest BCUT2D eigenvalue weighted by atomic mass is 9.83. The molecule has 0 radical (unpaired) electrons. The second-order valence-corrected chi connectivity index (χ2v) is 6.80. The minimum Gasteiger partial charge on any atom is -0.370 e. The first kappa shape index (κ1) is 15.1. The smallest absolute Gasteiger partial charge is 0.0708 e. The van der Waals surface area contributed by atoms with Crippen molar-refractivity contribution in [3.63, 3.8) is 0 Å². The van der Waals surface area contributed by atoms with Gasteiger partial charge in [0.1, 0.15) is 0 Å². The Morgan fingerprint density at radius 2 is 1.90 bits per heavy atom. The van der Waals surface area contributed by atoms with Gasteiger partial charge in [-0.2, -0.15) is 0 Å². The molecule has 2 heteroatoms. The molecule has 1 heterocycles. The maximum atomic E-state index is 6.46. The number of rotatable bonds is 5. The van der Waals surface area contributed by atoms with Crippen molar-refractivity contribution in [2.24, 2.45) is 0 Å². The van der Waals surface area contributed by atoms with Crippen LogP contribution in [0.1, 0.15) is 69.9 Å². The molecule has 2 nitrogen and oxygen atoms in total. The summed E-state index contributed by atoms with van der Waals surface area (Å²) in [6, 6.07) is 11.2.